The summed E-state index contributed by atoms with van der Waals surface area (Å²) in [5.41, 5.74) is 0. The van der Waals surface area contributed by atoms with Crippen molar-refractivity contribution in [1.82, 2.24) is 0 Å². The lowest BCUT2D eigenvalue weighted by atomic mass is 10.1. The van der Waals surface area contributed by atoms with Crippen molar-refractivity contribution in [3.05, 3.63) is 0 Å². The summed E-state index contributed by atoms with van der Waals surface area (Å²) in [5.74, 6) is 0. The first kappa shape index (κ1) is 15.2. The lowest BCUT2D eigenvalue weighted by molar-refractivity contribution is 0.156. The maximum absolute atomic E-state index is 11.7. The molecule has 0 aliphatic heterocycles. The maximum atomic E-state index is 11.7. The van der Waals surface area contributed by atoms with Crippen molar-refractivity contribution in [3.8, 4) is 0 Å². The van der Waals surface area contributed by atoms with Gasteiger partial charge in [0, 0.05) is 6.66 Å². The molecule has 0 heterocycles. The topological polar surface area (TPSA) is 35.5 Å². The van der Waals surface area contributed by atoms with E-state index < -0.39 is 7.60 Å². The Balaban J connectivity index is 3.63. The van der Waals surface area contributed by atoms with Crippen LogP contribution in [0.15, 0.2) is 0 Å². The van der Waals surface area contributed by atoms with E-state index in [0.29, 0.717) is 6.61 Å². The van der Waals surface area contributed by atoms with Gasteiger partial charge in [-0.25, -0.2) is 0 Å². The van der Waals surface area contributed by atoms with E-state index in [-0.39, 0.29) is 6.10 Å². The molecule has 0 N–H and O–H groups in total. The van der Waals surface area contributed by atoms with Crippen molar-refractivity contribution in [2.75, 3.05) is 13.3 Å². The van der Waals surface area contributed by atoms with Gasteiger partial charge in [-0.15, -0.1) is 0 Å². The van der Waals surface area contributed by atoms with Crippen LogP contribution in [0.1, 0.15) is 52.9 Å². The van der Waals surface area contributed by atoms with Crippen LogP contribution < -0.4 is 0 Å². The second-order valence-electron chi connectivity index (χ2n) is 3.95. The minimum atomic E-state index is -2.80. The average Bonchev–Trinajstić information content (AvgIpc) is 2.11. The molecule has 0 aromatic rings. The molecule has 0 saturated heterocycles. The van der Waals surface area contributed by atoms with Gasteiger partial charge >= 0.3 is 7.60 Å². The largest absolute Gasteiger partial charge is 0.327 e. The third-order valence-electron chi connectivity index (χ3n) is 2.20. The summed E-state index contributed by atoms with van der Waals surface area (Å²) < 4.78 is 22.1. The SMILES string of the molecule is CCCCCCC(C)OP(C)(=O)OCC. The molecule has 0 rings (SSSR count). The molecule has 2 unspecified atom stereocenters. The summed E-state index contributed by atoms with van der Waals surface area (Å²) in [6, 6.07) is 0. The Labute approximate surface area is 94.1 Å². The van der Waals surface area contributed by atoms with Gasteiger partial charge in [-0.05, 0) is 20.3 Å². The predicted molar refractivity (Wildman–Crippen MR) is 64.5 cm³/mol. The standard InChI is InChI=1S/C11H25O3P/c1-5-7-8-9-10-11(3)14-15(4,12)13-6-2/h11H,5-10H2,1-4H3. The normalized spacial score (nSPS) is 17.3. The zero-order valence-corrected chi connectivity index (χ0v) is 11.4. The molecule has 4 heteroatoms. The molecule has 0 fully saturated rings. The van der Waals surface area contributed by atoms with Crippen LogP contribution in [-0.2, 0) is 13.6 Å². The molecule has 0 aliphatic carbocycles. The minimum Gasteiger partial charge on any atom is -0.309 e. The Bertz CT molecular complexity index is 194. The van der Waals surface area contributed by atoms with Crippen molar-refractivity contribution in [2.24, 2.45) is 0 Å². The van der Waals surface area contributed by atoms with E-state index in [0.717, 1.165) is 12.8 Å². The quantitative estimate of drug-likeness (QED) is 0.444. The van der Waals surface area contributed by atoms with E-state index in [9.17, 15) is 4.57 Å². The zero-order valence-electron chi connectivity index (χ0n) is 10.5. The number of hydrogen-bond acceptors (Lipinski definition) is 3. The van der Waals surface area contributed by atoms with E-state index in [1.807, 2.05) is 13.8 Å². The molecule has 0 spiro atoms. The van der Waals surface area contributed by atoms with E-state index in [1.54, 1.807) is 6.66 Å². The van der Waals surface area contributed by atoms with Crippen LogP contribution in [-0.4, -0.2) is 19.4 Å². The van der Waals surface area contributed by atoms with Gasteiger partial charge < -0.3 is 9.05 Å². The molecule has 3 nitrogen and oxygen atoms in total. The van der Waals surface area contributed by atoms with E-state index in [2.05, 4.69) is 6.92 Å². The lowest BCUT2D eigenvalue weighted by Gasteiger charge is -2.18. The van der Waals surface area contributed by atoms with Crippen LogP contribution in [0.5, 0.6) is 0 Å². The highest BCUT2D eigenvalue weighted by Gasteiger charge is 2.19. The molecule has 2 atom stereocenters. The van der Waals surface area contributed by atoms with Crippen molar-refractivity contribution in [2.45, 2.75) is 59.0 Å². The third kappa shape index (κ3) is 9.10. The Hall–Kier alpha value is 0.150. The number of rotatable bonds is 9. The summed E-state index contributed by atoms with van der Waals surface area (Å²) in [4.78, 5) is 0. The summed E-state index contributed by atoms with van der Waals surface area (Å²) in [6.45, 7) is 7.96. The molecule has 0 aromatic carbocycles. The van der Waals surface area contributed by atoms with Crippen LogP contribution >= 0.6 is 7.60 Å². The van der Waals surface area contributed by atoms with Crippen LogP contribution in [0.4, 0.5) is 0 Å². The van der Waals surface area contributed by atoms with Gasteiger partial charge in [0.25, 0.3) is 0 Å². The molecule has 92 valence electrons. The highest BCUT2D eigenvalue weighted by Crippen LogP contribution is 2.45. The first-order chi connectivity index (χ1) is 7.02. The number of hydrogen-bond donors (Lipinski definition) is 0. The predicted octanol–water partition coefficient (Wildman–Crippen LogP) is 4.22. The summed E-state index contributed by atoms with van der Waals surface area (Å²) in [6.07, 6.45) is 5.87. The van der Waals surface area contributed by atoms with E-state index >= 15 is 0 Å². The molecule has 0 radical (unpaired) electrons. The van der Waals surface area contributed by atoms with Crippen molar-refractivity contribution >= 4 is 7.60 Å². The van der Waals surface area contributed by atoms with Gasteiger partial charge in [0.1, 0.15) is 0 Å². The maximum Gasteiger partial charge on any atom is 0.327 e. The van der Waals surface area contributed by atoms with Crippen molar-refractivity contribution < 1.29 is 13.6 Å². The average molecular weight is 236 g/mol. The number of unbranched alkanes of at least 4 members (excludes halogenated alkanes) is 3. The fourth-order valence-electron chi connectivity index (χ4n) is 1.50. The van der Waals surface area contributed by atoms with Gasteiger partial charge in [0.05, 0.1) is 12.7 Å². The first-order valence-electron chi connectivity index (χ1n) is 5.92. The van der Waals surface area contributed by atoms with Crippen LogP contribution in [0.25, 0.3) is 0 Å². The second kappa shape index (κ2) is 8.32. The minimum absolute atomic E-state index is 0.0317. The Morgan fingerprint density at radius 3 is 2.40 bits per heavy atom. The highest BCUT2D eigenvalue weighted by atomic mass is 31.2. The van der Waals surface area contributed by atoms with Crippen molar-refractivity contribution in [1.29, 1.82) is 0 Å². The second-order valence-corrected chi connectivity index (χ2v) is 5.97. The molecular formula is C11H25O3P. The first-order valence-corrected chi connectivity index (χ1v) is 7.91. The smallest absolute Gasteiger partial charge is 0.309 e. The lowest BCUT2D eigenvalue weighted by Crippen LogP contribution is -2.07. The Morgan fingerprint density at radius 1 is 1.20 bits per heavy atom. The Kier molecular flexibility index (Phi) is 8.40. The van der Waals surface area contributed by atoms with Crippen LogP contribution in [0, 0.1) is 0 Å². The molecule has 0 bridgehead atoms. The zero-order chi connectivity index (χ0) is 11.7. The fourth-order valence-corrected chi connectivity index (χ4v) is 2.79. The van der Waals surface area contributed by atoms with Crippen LogP contribution in [0.2, 0.25) is 0 Å². The van der Waals surface area contributed by atoms with E-state index in [4.69, 9.17) is 9.05 Å². The molecule has 0 amide bonds. The summed E-state index contributed by atoms with van der Waals surface area (Å²) >= 11 is 0. The van der Waals surface area contributed by atoms with Gasteiger partial charge in [-0.1, -0.05) is 32.6 Å². The van der Waals surface area contributed by atoms with Crippen LogP contribution in [0.3, 0.4) is 0 Å². The highest BCUT2D eigenvalue weighted by molar-refractivity contribution is 7.52. The third-order valence-corrected chi connectivity index (χ3v) is 3.67. The molecule has 0 saturated carbocycles. The van der Waals surface area contributed by atoms with Gasteiger partial charge in [0.15, 0.2) is 0 Å². The van der Waals surface area contributed by atoms with E-state index in [1.165, 1.54) is 19.3 Å². The van der Waals surface area contributed by atoms with Crippen molar-refractivity contribution in [3.63, 3.8) is 0 Å². The Morgan fingerprint density at radius 2 is 1.87 bits per heavy atom. The summed E-state index contributed by atoms with van der Waals surface area (Å²) in [5, 5.41) is 0. The monoisotopic (exact) mass is 236 g/mol. The summed E-state index contributed by atoms with van der Waals surface area (Å²) in [7, 11) is -2.80. The van der Waals surface area contributed by atoms with Gasteiger partial charge in [0.2, 0.25) is 0 Å². The van der Waals surface area contributed by atoms with Gasteiger partial charge in [-0.2, -0.15) is 0 Å². The molecule has 0 aliphatic rings. The molecule has 15 heavy (non-hydrogen) atoms. The molecule has 0 aromatic heterocycles. The van der Waals surface area contributed by atoms with Gasteiger partial charge in [-0.3, -0.25) is 4.57 Å². The fraction of sp³-hybridized carbons (Fsp3) is 1.00. The molecular weight excluding hydrogens is 211 g/mol.